The molecular weight excluding hydrogens is 333 g/mol. The normalized spacial score (nSPS) is 17.9. The quantitative estimate of drug-likeness (QED) is 0.741. The van der Waals surface area contributed by atoms with Gasteiger partial charge >= 0.3 is 0 Å². The summed E-state index contributed by atoms with van der Waals surface area (Å²) >= 11 is 11.8. The van der Waals surface area contributed by atoms with Gasteiger partial charge in [0.2, 0.25) is 0 Å². The zero-order valence-corrected chi connectivity index (χ0v) is 13.8. The van der Waals surface area contributed by atoms with Crippen LogP contribution in [0.3, 0.4) is 0 Å². The number of carbonyl (C=O) groups excluding carboxylic acids is 1. The molecule has 6 heteroatoms. The van der Waals surface area contributed by atoms with Crippen molar-refractivity contribution in [2.75, 3.05) is 5.01 Å². The summed E-state index contributed by atoms with van der Waals surface area (Å²) in [4.78, 5) is 16.9. The number of hydrogen-bond acceptors (Lipinski definition) is 3. The fourth-order valence-electron chi connectivity index (χ4n) is 2.23. The Morgan fingerprint density at radius 3 is 2.57 bits per heavy atom. The van der Waals surface area contributed by atoms with Crippen molar-refractivity contribution >= 4 is 52.4 Å². The van der Waals surface area contributed by atoms with Crippen LogP contribution < -0.4 is 5.01 Å². The highest BCUT2D eigenvalue weighted by molar-refractivity contribution is 6.42. The van der Waals surface area contributed by atoms with Crippen LogP contribution in [0.5, 0.6) is 0 Å². The molecule has 1 atom stereocenters. The number of aliphatic imine (C=N–C) groups is 1. The van der Waals surface area contributed by atoms with Crippen molar-refractivity contribution in [3.8, 4) is 0 Å². The third kappa shape index (κ3) is 3.28. The first-order valence-electron chi connectivity index (χ1n) is 6.99. The average Bonchev–Trinajstić information content (AvgIpc) is 2.84. The van der Waals surface area contributed by atoms with Crippen LogP contribution in [-0.2, 0) is 4.79 Å². The van der Waals surface area contributed by atoms with Crippen LogP contribution in [0, 0.1) is 5.92 Å². The fourth-order valence-corrected chi connectivity index (χ4v) is 2.52. The van der Waals surface area contributed by atoms with E-state index in [1.165, 1.54) is 5.01 Å². The predicted octanol–water partition coefficient (Wildman–Crippen LogP) is 4.73. The summed E-state index contributed by atoms with van der Waals surface area (Å²) in [6.45, 7) is 1.81. The Bertz CT molecular complexity index is 803. The smallest absolute Gasteiger partial charge is 0.261 e. The molecule has 0 N–H and O–H groups in total. The molecule has 1 heterocycles. The van der Waals surface area contributed by atoms with E-state index in [1.807, 2.05) is 37.3 Å². The molecule has 2 aromatic rings. The van der Waals surface area contributed by atoms with Crippen molar-refractivity contribution in [3.63, 3.8) is 0 Å². The van der Waals surface area contributed by atoms with E-state index < -0.39 is 5.92 Å². The number of para-hydroxylation sites is 1. The molecule has 0 unspecified atom stereocenters. The van der Waals surface area contributed by atoms with E-state index in [1.54, 1.807) is 24.4 Å². The van der Waals surface area contributed by atoms with Gasteiger partial charge in [0.1, 0.15) is 5.92 Å². The third-order valence-electron chi connectivity index (χ3n) is 3.46. The number of amides is 1. The van der Waals surface area contributed by atoms with Crippen molar-refractivity contribution in [1.29, 1.82) is 0 Å². The molecule has 4 nitrogen and oxygen atoms in total. The molecule has 3 rings (SSSR count). The molecule has 0 fully saturated rings. The molecule has 0 radical (unpaired) electrons. The van der Waals surface area contributed by atoms with Crippen molar-refractivity contribution in [3.05, 3.63) is 58.6 Å². The molecule has 0 spiro atoms. The molecule has 0 saturated carbocycles. The Morgan fingerprint density at radius 2 is 1.87 bits per heavy atom. The molecule has 0 bridgehead atoms. The Balaban J connectivity index is 1.81. The lowest BCUT2D eigenvalue weighted by atomic mass is 10.1. The number of anilines is 1. The zero-order valence-electron chi connectivity index (χ0n) is 12.3. The van der Waals surface area contributed by atoms with Crippen molar-refractivity contribution in [2.24, 2.45) is 16.0 Å². The fraction of sp³-hybridized carbons (Fsp3) is 0.118. The largest absolute Gasteiger partial charge is 0.271 e. The van der Waals surface area contributed by atoms with Gasteiger partial charge in [-0.2, -0.15) is 10.1 Å². The highest BCUT2D eigenvalue weighted by atomic mass is 35.5. The maximum atomic E-state index is 12.5. The van der Waals surface area contributed by atoms with Crippen LogP contribution in [0.1, 0.15) is 6.92 Å². The number of hydrazone groups is 1. The van der Waals surface area contributed by atoms with Crippen LogP contribution >= 0.6 is 23.2 Å². The molecule has 1 aliphatic rings. The highest BCUT2D eigenvalue weighted by Crippen LogP contribution is 2.27. The molecule has 0 aromatic heterocycles. The molecule has 116 valence electrons. The van der Waals surface area contributed by atoms with Gasteiger partial charge < -0.3 is 0 Å². The molecule has 1 aliphatic heterocycles. The number of halogens is 2. The van der Waals surface area contributed by atoms with Crippen LogP contribution in [-0.4, -0.2) is 17.8 Å². The molecule has 0 aliphatic carbocycles. The number of benzene rings is 2. The van der Waals surface area contributed by atoms with Gasteiger partial charge in [-0.15, -0.1) is 0 Å². The monoisotopic (exact) mass is 345 g/mol. The van der Waals surface area contributed by atoms with Gasteiger partial charge in [-0.3, -0.25) is 9.79 Å². The second kappa shape index (κ2) is 6.52. The number of hydrogen-bond donors (Lipinski definition) is 0. The lowest BCUT2D eigenvalue weighted by Crippen LogP contribution is -2.27. The van der Waals surface area contributed by atoms with Gasteiger partial charge in [-0.25, -0.2) is 0 Å². The summed E-state index contributed by atoms with van der Waals surface area (Å²) in [5.41, 5.74) is 2.07. The first-order valence-corrected chi connectivity index (χ1v) is 7.75. The van der Waals surface area contributed by atoms with Crippen molar-refractivity contribution in [2.45, 2.75) is 6.92 Å². The van der Waals surface area contributed by atoms with Gasteiger partial charge in [0.05, 0.1) is 27.1 Å². The number of carbonyl (C=O) groups is 1. The van der Waals surface area contributed by atoms with E-state index in [2.05, 4.69) is 10.1 Å². The number of rotatable bonds is 3. The van der Waals surface area contributed by atoms with E-state index in [0.29, 0.717) is 21.4 Å². The van der Waals surface area contributed by atoms with Gasteiger partial charge in [-0.1, -0.05) is 41.4 Å². The van der Waals surface area contributed by atoms with Crippen molar-refractivity contribution < 1.29 is 4.79 Å². The first kappa shape index (κ1) is 15.7. The highest BCUT2D eigenvalue weighted by Gasteiger charge is 2.33. The van der Waals surface area contributed by atoms with Gasteiger partial charge in [0.25, 0.3) is 5.91 Å². The van der Waals surface area contributed by atoms with Crippen LogP contribution in [0.4, 0.5) is 11.4 Å². The van der Waals surface area contributed by atoms with E-state index in [0.717, 1.165) is 5.69 Å². The molecule has 23 heavy (non-hydrogen) atoms. The Kier molecular flexibility index (Phi) is 4.46. The van der Waals surface area contributed by atoms with Crippen LogP contribution in [0.25, 0.3) is 0 Å². The minimum Gasteiger partial charge on any atom is -0.271 e. The zero-order chi connectivity index (χ0) is 16.4. The third-order valence-corrected chi connectivity index (χ3v) is 4.20. The molecule has 2 aromatic carbocycles. The summed E-state index contributed by atoms with van der Waals surface area (Å²) in [6.07, 6.45) is 1.59. The lowest BCUT2D eigenvalue weighted by molar-refractivity contribution is -0.118. The minimum absolute atomic E-state index is 0.127. The van der Waals surface area contributed by atoms with E-state index in [-0.39, 0.29) is 5.91 Å². The molecule has 0 saturated heterocycles. The van der Waals surface area contributed by atoms with Gasteiger partial charge in [0, 0.05) is 6.21 Å². The maximum Gasteiger partial charge on any atom is 0.261 e. The second-order valence-electron chi connectivity index (χ2n) is 5.08. The Hall–Kier alpha value is -2.17. The Morgan fingerprint density at radius 1 is 1.13 bits per heavy atom. The van der Waals surface area contributed by atoms with Crippen LogP contribution in [0.15, 0.2) is 58.6 Å². The summed E-state index contributed by atoms with van der Waals surface area (Å²) in [7, 11) is 0. The SMILES string of the molecule is CC1=NN(c2ccccc2)C(=O)[C@@H]1C=Nc1ccc(Cl)c(Cl)c1. The van der Waals surface area contributed by atoms with Gasteiger partial charge in [0.15, 0.2) is 0 Å². The summed E-state index contributed by atoms with van der Waals surface area (Å²) in [6, 6.07) is 14.4. The first-order chi connectivity index (χ1) is 11.1. The summed E-state index contributed by atoms with van der Waals surface area (Å²) in [5, 5.41) is 6.63. The molecular formula is C17H13Cl2N3O. The van der Waals surface area contributed by atoms with E-state index >= 15 is 0 Å². The standard InChI is InChI=1S/C17H13Cl2N3O/c1-11-14(10-20-12-7-8-15(18)16(19)9-12)17(23)22(21-11)13-5-3-2-4-6-13/h2-10,14H,1H3/t14-/m1/s1. The molecule has 1 amide bonds. The summed E-state index contributed by atoms with van der Waals surface area (Å²) < 4.78 is 0. The maximum absolute atomic E-state index is 12.5. The lowest BCUT2D eigenvalue weighted by Gasteiger charge is -2.12. The summed E-state index contributed by atoms with van der Waals surface area (Å²) in [5.74, 6) is -0.609. The topological polar surface area (TPSA) is 45.0 Å². The minimum atomic E-state index is -0.482. The average molecular weight is 346 g/mol. The second-order valence-corrected chi connectivity index (χ2v) is 5.90. The van der Waals surface area contributed by atoms with Crippen LogP contribution in [0.2, 0.25) is 10.0 Å². The van der Waals surface area contributed by atoms with E-state index in [9.17, 15) is 4.79 Å². The Labute approximate surface area is 144 Å². The van der Waals surface area contributed by atoms with Gasteiger partial charge in [-0.05, 0) is 37.3 Å². The number of nitrogens with zero attached hydrogens (tertiary/aromatic N) is 3. The predicted molar refractivity (Wildman–Crippen MR) is 95.1 cm³/mol. The van der Waals surface area contributed by atoms with Crippen molar-refractivity contribution in [1.82, 2.24) is 0 Å². The van der Waals surface area contributed by atoms with E-state index in [4.69, 9.17) is 23.2 Å².